The van der Waals surface area contributed by atoms with Crippen LogP contribution in [0.1, 0.15) is 68.2 Å². The fourth-order valence-corrected chi connectivity index (χ4v) is 6.38. The largest absolute Gasteiger partial charge is 0.416 e. The summed E-state index contributed by atoms with van der Waals surface area (Å²) in [4.78, 5) is 15.8. The summed E-state index contributed by atoms with van der Waals surface area (Å²) >= 11 is 0. The van der Waals surface area contributed by atoms with E-state index in [1.54, 1.807) is 0 Å². The van der Waals surface area contributed by atoms with E-state index in [4.69, 9.17) is 0 Å². The molecule has 2 fully saturated rings. The van der Waals surface area contributed by atoms with Crippen LogP contribution in [-0.4, -0.2) is 36.5 Å². The van der Waals surface area contributed by atoms with Crippen molar-refractivity contribution in [2.45, 2.75) is 70.8 Å². The average molecular weight is 581 g/mol. The Hall–Kier alpha value is -2.81. The number of benzene rings is 2. The van der Waals surface area contributed by atoms with Gasteiger partial charge in [0.15, 0.2) is 0 Å². The van der Waals surface area contributed by atoms with Crippen molar-refractivity contribution in [3.8, 4) is 0 Å². The van der Waals surface area contributed by atoms with Gasteiger partial charge in [0.05, 0.1) is 16.5 Å². The molecule has 2 aromatic carbocycles. The molecule has 4 rings (SSSR count). The summed E-state index contributed by atoms with van der Waals surface area (Å²) in [5, 5.41) is 2.82. The van der Waals surface area contributed by atoms with E-state index in [1.807, 2.05) is 25.1 Å². The van der Waals surface area contributed by atoms with Gasteiger partial charge in [-0.25, -0.2) is 0 Å². The van der Waals surface area contributed by atoms with E-state index in [1.165, 1.54) is 5.56 Å². The first-order chi connectivity index (χ1) is 19.3. The molecule has 2 aliphatic rings. The number of allylic oxidation sites excluding steroid dienone is 1. The van der Waals surface area contributed by atoms with Crippen molar-refractivity contribution in [1.29, 1.82) is 0 Å². The summed E-state index contributed by atoms with van der Waals surface area (Å²) in [6.07, 6.45) is -1.45. The van der Waals surface area contributed by atoms with Gasteiger partial charge in [0.2, 0.25) is 5.91 Å². The lowest BCUT2D eigenvalue weighted by Gasteiger charge is -2.40. The van der Waals surface area contributed by atoms with E-state index < -0.39 is 28.9 Å². The van der Waals surface area contributed by atoms with Crippen LogP contribution < -0.4 is 5.32 Å². The van der Waals surface area contributed by atoms with E-state index in [-0.39, 0.29) is 36.5 Å². The molecular formula is C32H38F6N2O. The van der Waals surface area contributed by atoms with E-state index in [0.29, 0.717) is 31.1 Å². The highest BCUT2D eigenvalue weighted by atomic mass is 19.4. The molecule has 41 heavy (non-hydrogen) atoms. The van der Waals surface area contributed by atoms with Gasteiger partial charge >= 0.3 is 12.4 Å². The van der Waals surface area contributed by atoms with Crippen LogP contribution in [0.25, 0.3) is 6.08 Å². The Morgan fingerprint density at radius 1 is 1.02 bits per heavy atom. The number of hydrogen-bond donors (Lipinski definition) is 1. The highest BCUT2D eigenvalue weighted by Crippen LogP contribution is 2.44. The van der Waals surface area contributed by atoms with Gasteiger partial charge < -0.3 is 10.2 Å². The third kappa shape index (κ3) is 7.73. The number of amides is 1. The quantitative estimate of drug-likeness (QED) is 0.321. The molecule has 1 heterocycles. The molecule has 1 saturated carbocycles. The van der Waals surface area contributed by atoms with Gasteiger partial charge in [0.1, 0.15) is 0 Å². The Morgan fingerprint density at radius 2 is 1.68 bits per heavy atom. The minimum Gasteiger partial charge on any atom is -0.355 e. The standard InChI is InChI=1S/C32H38F6N2O/c1-3-30(29(41)39-15-12-24-17-26(31(33,34)35)19-27(18-24)32(36,37)38)14-11-28(20-30)40-16-13-25(22(2)21-40)10-9-23-7-5-4-6-8-23/h4-10,17-19,22,25,28H,3,11-16,20-21H2,1-2H3,(H,39,41)/b10-9-/t22?,25-,28?,30?/m1/s1. The van der Waals surface area contributed by atoms with Gasteiger partial charge in [0, 0.05) is 19.1 Å². The summed E-state index contributed by atoms with van der Waals surface area (Å²) < 4.78 is 79.1. The van der Waals surface area contributed by atoms with Crippen LogP contribution in [0, 0.1) is 17.3 Å². The van der Waals surface area contributed by atoms with Crippen LogP contribution in [0.15, 0.2) is 54.6 Å². The molecule has 1 amide bonds. The van der Waals surface area contributed by atoms with Crippen LogP contribution in [-0.2, 0) is 23.6 Å². The molecule has 2 aromatic rings. The lowest BCUT2D eigenvalue weighted by molar-refractivity contribution is -0.143. The van der Waals surface area contributed by atoms with Crippen LogP contribution in [0.3, 0.4) is 0 Å². The van der Waals surface area contributed by atoms with Crippen LogP contribution in [0.2, 0.25) is 0 Å². The Kier molecular flexibility index (Phi) is 9.56. The summed E-state index contributed by atoms with van der Waals surface area (Å²) in [6.45, 7) is 6.11. The van der Waals surface area contributed by atoms with Gasteiger partial charge in [-0.3, -0.25) is 4.79 Å². The molecule has 3 nitrogen and oxygen atoms in total. The van der Waals surface area contributed by atoms with Gasteiger partial charge in [-0.15, -0.1) is 0 Å². The lowest BCUT2D eigenvalue weighted by atomic mass is 9.81. The van der Waals surface area contributed by atoms with E-state index in [0.717, 1.165) is 38.1 Å². The second-order valence-corrected chi connectivity index (χ2v) is 11.6. The van der Waals surface area contributed by atoms with Gasteiger partial charge in [0.25, 0.3) is 0 Å². The highest BCUT2D eigenvalue weighted by Gasteiger charge is 2.46. The molecule has 0 bridgehead atoms. The van der Waals surface area contributed by atoms with Crippen molar-refractivity contribution in [2.24, 2.45) is 17.3 Å². The number of carbonyl (C=O) groups is 1. The molecule has 1 N–H and O–H groups in total. The zero-order valence-electron chi connectivity index (χ0n) is 23.5. The average Bonchev–Trinajstić information content (AvgIpc) is 3.38. The van der Waals surface area contributed by atoms with Crippen LogP contribution >= 0.6 is 0 Å². The molecule has 0 radical (unpaired) electrons. The number of nitrogens with one attached hydrogen (secondary N) is 1. The number of carbonyl (C=O) groups excluding carboxylic acids is 1. The SMILES string of the molecule is CCC1(C(=O)NCCc2cc(C(F)(F)F)cc(C(F)(F)F)c2)CCC(N2CC[C@@H](/C=C\c3ccccc3)C(C)C2)C1. The number of halogens is 6. The number of rotatable bonds is 8. The zero-order chi connectivity index (χ0) is 29.8. The zero-order valence-corrected chi connectivity index (χ0v) is 23.5. The van der Waals surface area contributed by atoms with Crippen molar-refractivity contribution in [3.05, 3.63) is 76.9 Å². The van der Waals surface area contributed by atoms with E-state index >= 15 is 0 Å². The minimum absolute atomic E-state index is 0.0277. The molecule has 1 saturated heterocycles. The molecule has 1 aliphatic heterocycles. The molecule has 9 heteroatoms. The Morgan fingerprint density at radius 3 is 2.27 bits per heavy atom. The first kappa shape index (κ1) is 31.1. The highest BCUT2D eigenvalue weighted by molar-refractivity contribution is 5.83. The Balaban J connectivity index is 1.33. The summed E-state index contributed by atoms with van der Waals surface area (Å²) in [6, 6.07) is 12.1. The predicted octanol–water partition coefficient (Wildman–Crippen LogP) is 8.00. The van der Waals surface area contributed by atoms with Crippen LogP contribution in [0.5, 0.6) is 0 Å². The summed E-state index contributed by atoms with van der Waals surface area (Å²) in [7, 11) is 0. The second kappa shape index (κ2) is 12.6. The number of nitrogens with zero attached hydrogens (tertiary/aromatic N) is 1. The van der Waals surface area contributed by atoms with Crippen LogP contribution in [0.4, 0.5) is 26.3 Å². The van der Waals surface area contributed by atoms with Crippen molar-refractivity contribution < 1.29 is 31.1 Å². The molecule has 224 valence electrons. The van der Waals surface area contributed by atoms with E-state index in [9.17, 15) is 31.1 Å². The monoisotopic (exact) mass is 580 g/mol. The van der Waals surface area contributed by atoms with Gasteiger partial charge in [-0.05, 0) is 86.2 Å². The minimum atomic E-state index is -4.89. The molecule has 4 atom stereocenters. The first-order valence-electron chi connectivity index (χ1n) is 14.3. The molecule has 1 aliphatic carbocycles. The maximum absolute atomic E-state index is 13.3. The maximum Gasteiger partial charge on any atom is 0.416 e. The smallest absolute Gasteiger partial charge is 0.355 e. The third-order valence-electron chi connectivity index (χ3n) is 8.94. The molecule has 3 unspecified atom stereocenters. The second-order valence-electron chi connectivity index (χ2n) is 11.6. The predicted molar refractivity (Wildman–Crippen MR) is 148 cm³/mol. The number of hydrogen-bond acceptors (Lipinski definition) is 2. The fraction of sp³-hybridized carbons (Fsp3) is 0.531. The van der Waals surface area contributed by atoms with Gasteiger partial charge in [-0.1, -0.05) is 56.3 Å². The summed E-state index contributed by atoms with van der Waals surface area (Å²) in [5.74, 6) is 0.795. The third-order valence-corrected chi connectivity index (χ3v) is 8.94. The van der Waals surface area contributed by atoms with Crippen molar-refractivity contribution in [2.75, 3.05) is 19.6 Å². The molecule has 0 aromatic heterocycles. The summed E-state index contributed by atoms with van der Waals surface area (Å²) in [5.41, 5.74) is -2.19. The molecular weight excluding hydrogens is 542 g/mol. The van der Waals surface area contributed by atoms with Crippen molar-refractivity contribution >= 4 is 12.0 Å². The molecule has 0 spiro atoms. The number of piperidine rings is 1. The van der Waals surface area contributed by atoms with E-state index in [2.05, 4.69) is 41.4 Å². The number of likely N-dealkylation sites (tertiary alicyclic amines) is 1. The van der Waals surface area contributed by atoms with Crippen molar-refractivity contribution in [3.63, 3.8) is 0 Å². The normalized spacial score (nSPS) is 26.0. The topological polar surface area (TPSA) is 32.3 Å². The maximum atomic E-state index is 13.3. The fourth-order valence-electron chi connectivity index (χ4n) is 6.38. The first-order valence-corrected chi connectivity index (χ1v) is 14.3. The Labute approximate surface area is 238 Å². The van der Waals surface area contributed by atoms with Crippen molar-refractivity contribution in [1.82, 2.24) is 10.2 Å². The van der Waals surface area contributed by atoms with Gasteiger partial charge in [-0.2, -0.15) is 26.3 Å². The number of alkyl halides is 6. The lowest BCUT2D eigenvalue weighted by Crippen LogP contribution is -2.46. The Bertz CT molecular complexity index is 1180.